The summed E-state index contributed by atoms with van der Waals surface area (Å²) in [5, 5.41) is 18.0. The number of nitrogens with two attached hydrogens (primary N) is 1. The van der Waals surface area contributed by atoms with Gasteiger partial charge in [0, 0.05) is 41.9 Å². The van der Waals surface area contributed by atoms with E-state index in [1.165, 1.54) is 135 Å². The molecule has 0 fully saturated rings. The highest BCUT2D eigenvalue weighted by Gasteiger charge is 2.39. The van der Waals surface area contributed by atoms with Crippen LogP contribution in [0.15, 0.2) is 221 Å². The lowest BCUT2D eigenvalue weighted by Gasteiger charge is -2.39. The number of anilines is 1. The molecule has 2 aliphatic heterocycles. The molecule has 1 unspecified atom stereocenters. The molecule has 66 heavy (non-hydrogen) atoms. The van der Waals surface area contributed by atoms with Crippen LogP contribution in [0.1, 0.15) is 0 Å². The molecule has 0 radical (unpaired) electrons. The molecule has 16 rings (SSSR count). The summed E-state index contributed by atoms with van der Waals surface area (Å²) in [7, 11) is -1.10. The van der Waals surface area contributed by atoms with E-state index in [-0.39, 0.29) is 0 Å². The summed E-state index contributed by atoms with van der Waals surface area (Å²) in [4.78, 5) is 4.25. The summed E-state index contributed by atoms with van der Waals surface area (Å²) in [6.07, 6.45) is 0. The molecule has 0 spiro atoms. The molecule has 14 aromatic rings. The molecule has 2 aromatic heterocycles. The standard InChI is InChI=1S/C62H37N3S/c63-42-17-9-16-38(29-42)41-31-54-62-55(32-41)65-53-30-40(45-22-10-15-35-11-1-5-18-43(35)45)24-26-48(53)51-34-50-44-19-6-2-12-36(44)23-27-49(50)61(59(51)65)66(62)56-33-39-14-4-8-21-47(39)58-57-46-20-7-3-13-37(46)25-28-52(57)64(54)60(56)58/h1-34,66H,63H2. The number of aromatic nitrogens is 2. The van der Waals surface area contributed by atoms with Gasteiger partial charge in [-0.1, -0.05) is 158 Å². The van der Waals surface area contributed by atoms with Crippen LogP contribution < -0.4 is 5.73 Å². The molecule has 0 saturated carbocycles. The highest BCUT2D eigenvalue weighted by molar-refractivity contribution is 8.18. The van der Waals surface area contributed by atoms with Gasteiger partial charge in [-0.2, -0.15) is 10.9 Å². The first-order valence-electron chi connectivity index (χ1n) is 22.8. The Balaban J connectivity index is 1.16. The van der Waals surface area contributed by atoms with E-state index in [4.69, 9.17) is 5.73 Å². The Morgan fingerprint density at radius 2 is 0.970 bits per heavy atom. The molecule has 2 N–H and O–H groups in total. The van der Waals surface area contributed by atoms with Crippen molar-refractivity contribution in [3.05, 3.63) is 206 Å². The quantitative estimate of drug-likeness (QED) is 0.101. The molecule has 12 aromatic carbocycles. The Morgan fingerprint density at radius 3 is 1.77 bits per heavy atom. The SMILES string of the molecule is Nc1cccc(-c2cc3c4c(c2)-n2c5ccc6ccccc6c5c5c6ccccc6cc(c52)[SH]4c2c4ccc5ccccc5c4cc4c5ccc(-c6cccc7ccccc67)cc5n-3c24)c1. The number of hydrogen-bond acceptors (Lipinski definition) is 1. The number of fused-ring (bicyclic) bond motifs is 19. The number of benzene rings is 12. The lowest BCUT2D eigenvalue weighted by molar-refractivity contribution is 1.02. The first kappa shape index (κ1) is 35.1. The zero-order chi connectivity index (χ0) is 42.9. The molecular formula is C62H37N3S. The maximum absolute atomic E-state index is 6.61. The van der Waals surface area contributed by atoms with E-state index in [0.29, 0.717) is 0 Å². The Bertz CT molecular complexity index is 4550. The van der Waals surface area contributed by atoms with Crippen molar-refractivity contribution in [3.63, 3.8) is 0 Å². The number of thiol groups is 1. The van der Waals surface area contributed by atoms with Crippen molar-refractivity contribution in [2.75, 3.05) is 5.73 Å². The number of hydrogen-bond donors (Lipinski definition) is 2. The van der Waals surface area contributed by atoms with Crippen LogP contribution in [-0.2, 0) is 0 Å². The number of nitrogens with zero attached hydrogens (tertiary/aromatic N) is 2. The topological polar surface area (TPSA) is 35.9 Å². The van der Waals surface area contributed by atoms with Crippen LogP contribution in [0.25, 0.3) is 131 Å². The minimum Gasteiger partial charge on any atom is -0.399 e. The summed E-state index contributed by atoms with van der Waals surface area (Å²) >= 11 is 0. The van der Waals surface area contributed by atoms with Gasteiger partial charge in [-0.15, -0.1) is 0 Å². The Labute approximate surface area is 381 Å². The second kappa shape index (κ2) is 12.5. The highest BCUT2D eigenvalue weighted by Crippen LogP contribution is 2.68. The average molecular weight is 856 g/mol. The fraction of sp³-hybridized carbons (Fsp3) is 0. The molecular weight excluding hydrogens is 819 g/mol. The van der Waals surface area contributed by atoms with Crippen molar-refractivity contribution in [1.82, 2.24) is 9.13 Å². The van der Waals surface area contributed by atoms with E-state index in [0.717, 1.165) is 16.8 Å². The van der Waals surface area contributed by atoms with Gasteiger partial charge < -0.3 is 14.9 Å². The van der Waals surface area contributed by atoms with Crippen LogP contribution in [0.2, 0.25) is 0 Å². The van der Waals surface area contributed by atoms with Gasteiger partial charge in [0.2, 0.25) is 0 Å². The molecule has 4 heteroatoms. The third-order valence-electron chi connectivity index (χ3n) is 14.9. The summed E-state index contributed by atoms with van der Waals surface area (Å²) in [6, 6.07) is 77.6. The third-order valence-corrected chi connectivity index (χ3v) is 17.6. The maximum atomic E-state index is 6.61. The van der Waals surface area contributed by atoms with Crippen molar-refractivity contribution < 1.29 is 0 Å². The fourth-order valence-corrected chi connectivity index (χ4v) is 15.3. The first-order valence-corrected chi connectivity index (χ1v) is 24.1. The van der Waals surface area contributed by atoms with Gasteiger partial charge in [-0.05, 0) is 125 Å². The maximum Gasteiger partial charge on any atom is 0.0673 e. The van der Waals surface area contributed by atoms with Gasteiger partial charge >= 0.3 is 0 Å². The van der Waals surface area contributed by atoms with Crippen LogP contribution in [0.3, 0.4) is 0 Å². The van der Waals surface area contributed by atoms with E-state index < -0.39 is 10.9 Å². The second-order valence-electron chi connectivity index (χ2n) is 18.3. The summed E-state index contributed by atoms with van der Waals surface area (Å²) in [5.74, 6) is 0. The largest absolute Gasteiger partial charge is 0.399 e. The normalized spacial score (nSPS) is 14.5. The van der Waals surface area contributed by atoms with Gasteiger partial charge in [0.15, 0.2) is 0 Å². The van der Waals surface area contributed by atoms with E-state index >= 15 is 0 Å². The van der Waals surface area contributed by atoms with E-state index in [1.807, 2.05) is 6.07 Å². The van der Waals surface area contributed by atoms with E-state index in [9.17, 15) is 0 Å². The molecule has 0 amide bonds. The van der Waals surface area contributed by atoms with Crippen LogP contribution >= 0.6 is 10.9 Å². The predicted octanol–water partition coefficient (Wildman–Crippen LogP) is 16.7. The molecule has 4 heterocycles. The van der Waals surface area contributed by atoms with Gasteiger partial charge in [0.1, 0.15) is 0 Å². The Hall–Kier alpha value is -8.31. The summed E-state index contributed by atoms with van der Waals surface area (Å²) in [5.41, 5.74) is 19.7. The Kier molecular flexibility index (Phi) is 6.64. The molecule has 306 valence electrons. The number of rotatable bonds is 2. The highest BCUT2D eigenvalue weighted by atomic mass is 32.2. The minimum atomic E-state index is -1.10. The smallest absolute Gasteiger partial charge is 0.0673 e. The van der Waals surface area contributed by atoms with Gasteiger partial charge in [-0.25, -0.2) is 0 Å². The van der Waals surface area contributed by atoms with Gasteiger partial charge in [0.25, 0.3) is 0 Å². The monoisotopic (exact) mass is 855 g/mol. The van der Waals surface area contributed by atoms with Gasteiger partial charge in [-0.3, -0.25) is 0 Å². The van der Waals surface area contributed by atoms with Crippen molar-refractivity contribution in [3.8, 4) is 33.6 Å². The summed E-state index contributed by atoms with van der Waals surface area (Å²) in [6.45, 7) is 0. The van der Waals surface area contributed by atoms with E-state index in [1.54, 1.807) is 0 Å². The zero-order valence-corrected chi connectivity index (χ0v) is 36.4. The number of nitrogen functional groups attached to an aromatic ring is 1. The predicted molar refractivity (Wildman–Crippen MR) is 282 cm³/mol. The van der Waals surface area contributed by atoms with Crippen molar-refractivity contribution in [2.45, 2.75) is 14.7 Å². The van der Waals surface area contributed by atoms with Crippen LogP contribution in [0.4, 0.5) is 5.69 Å². The van der Waals surface area contributed by atoms with Gasteiger partial charge in [0.05, 0.1) is 33.4 Å². The summed E-state index contributed by atoms with van der Waals surface area (Å²) < 4.78 is 5.29. The van der Waals surface area contributed by atoms with Crippen molar-refractivity contribution >= 4 is 114 Å². The second-order valence-corrected chi connectivity index (χ2v) is 20.3. The molecule has 1 atom stereocenters. The molecule has 2 aliphatic rings. The van der Waals surface area contributed by atoms with Crippen LogP contribution in [0.5, 0.6) is 0 Å². The molecule has 3 nitrogen and oxygen atoms in total. The van der Waals surface area contributed by atoms with E-state index in [2.05, 4.69) is 209 Å². The molecule has 0 aliphatic carbocycles. The van der Waals surface area contributed by atoms with Crippen LogP contribution in [-0.4, -0.2) is 9.13 Å². The first-order chi connectivity index (χ1) is 32.7. The third kappa shape index (κ3) is 4.39. The molecule has 0 saturated heterocycles. The Morgan fingerprint density at radius 1 is 0.333 bits per heavy atom. The van der Waals surface area contributed by atoms with Crippen molar-refractivity contribution in [1.29, 1.82) is 0 Å². The lowest BCUT2D eigenvalue weighted by Crippen LogP contribution is -2.14. The van der Waals surface area contributed by atoms with Crippen molar-refractivity contribution in [2.24, 2.45) is 0 Å². The lowest BCUT2D eigenvalue weighted by atomic mass is 9.97. The average Bonchev–Trinajstić information content (AvgIpc) is 3.90. The zero-order valence-electron chi connectivity index (χ0n) is 35.5. The molecule has 0 bridgehead atoms. The fourth-order valence-electron chi connectivity index (χ4n) is 12.2. The van der Waals surface area contributed by atoms with Crippen LogP contribution in [0, 0.1) is 0 Å². The minimum absolute atomic E-state index is 0.760.